The summed E-state index contributed by atoms with van der Waals surface area (Å²) < 4.78 is 1.91. The fourth-order valence-corrected chi connectivity index (χ4v) is 4.07. The average molecular weight is 330 g/mol. The Balaban J connectivity index is 1.40. The Kier molecular flexibility index (Phi) is 4.29. The lowest BCUT2D eigenvalue weighted by Gasteiger charge is -2.37. The summed E-state index contributed by atoms with van der Waals surface area (Å²) in [5.41, 5.74) is 0. The molecule has 2 atom stereocenters. The van der Waals surface area contributed by atoms with Gasteiger partial charge in [0.25, 0.3) is 0 Å². The van der Waals surface area contributed by atoms with E-state index in [9.17, 15) is 9.59 Å². The standard InChI is InChI=1S/C18H26N4O2/c23-17-10-15(12-20(17)11-14-5-6-14)18(24)22-9-2-1-4-16(22)13-21-8-3-7-19-21/h3,7-8,14-16H,1-2,4-6,9-13H2. The minimum Gasteiger partial charge on any atom is -0.342 e. The minimum atomic E-state index is -0.144. The van der Waals surface area contributed by atoms with Crippen molar-refractivity contribution in [2.45, 2.75) is 51.1 Å². The van der Waals surface area contributed by atoms with Gasteiger partial charge in [-0.25, -0.2) is 0 Å². The summed E-state index contributed by atoms with van der Waals surface area (Å²) >= 11 is 0. The quantitative estimate of drug-likeness (QED) is 0.822. The summed E-state index contributed by atoms with van der Waals surface area (Å²) in [5.74, 6) is 0.888. The third-order valence-electron chi connectivity index (χ3n) is 5.61. The molecule has 2 aliphatic heterocycles. The molecule has 1 aromatic heterocycles. The van der Waals surface area contributed by atoms with E-state index in [1.54, 1.807) is 6.20 Å². The van der Waals surface area contributed by atoms with Crippen molar-refractivity contribution in [3.05, 3.63) is 18.5 Å². The van der Waals surface area contributed by atoms with Gasteiger partial charge in [-0.2, -0.15) is 5.10 Å². The Morgan fingerprint density at radius 3 is 2.83 bits per heavy atom. The number of piperidine rings is 1. The molecule has 4 rings (SSSR count). The van der Waals surface area contributed by atoms with Crippen LogP contribution in [0, 0.1) is 11.8 Å². The van der Waals surface area contributed by atoms with Gasteiger partial charge in [0.2, 0.25) is 11.8 Å². The van der Waals surface area contributed by atoms with Crippen LogP contribution in [0.4, 0.5) is 0 Å². The normalized spacial score (nSPS) is 27.8. The summed E-state index contributed by atoms with van der Waals surface area (Å²) in [4.78, 5) is 29.2. The van der Waals surface area contributed by atoms with Gasteiger partial charge >= 0.3 is 0 Å². The third-order valence-corrected chi connectivity index (χ3v) is 5.61. The molecule has 0 bridgehead atoms. The molecule has 1 aromatic rings. The first-order valence-electron chi connectivity index (χ1n) is 9.26. The van der Waals surface area contributed by atoms with E-state index in [1.165, 1.54) is 12.8 Å². The zero-order valence-corrected chi connectivity index (χ0v) is 14.1. The molecular formula is C18H26N4O2. The number of aromatic nitrogens is 2. The number of hydrogen-bond acceptors (Lipinski definition) is 3. The molecule has 6 heteroatoms. The van der Waals surface area contributed by atoms with Crippen molar-refractivity contribution < 1.29 is 9.59 Å². The van der Waals surface area contributed by atoms with E-state index in [4.69, 9.17) is 0 Å². The van der Waals surface area contributed by atoms with Crippen molar-refractivity contribution in [3.8, 4) is 0 Å². The van der Waals surface area contributed by atoms with Crippen LogP contribution < -0.4 is 0 Å². The maximum atomic E-state index is 13.0. The molecule has 2 unspecified atom stereocenters. The van der Waals surface area contributed by atoms with Gasteiger partial charge in [-0.3, -0.25) is 14.3 Å². The fraction of sp³-hybridized carbons (Fsp3) is 0.722. The Morgan fingerprint density at radius 2 is 2.08 bits per heavy atom. The number of nitrogens with zero attached hydrogens (tertiary/aromatic N) is 4. The second kappa shape index (κ2) is 6.57. The summed E-state index contributed by atoms with van der Waals surface area (Å²) in [6.07, 6.45) is 9.85. The number of hydrogen-bond donors (Lipinski definition) is 0. The van der Waals surface area contributed by atoms with Gasteiger partial charge in [-0.15, -0.1) is 0 Å². The highest BCUT2D eigenvalue weighted by molar-refractivity contribution is 5.89. The van der Waals surface area contributed by atoms with Crippen LogP contribution in [0.3, 0.4) is 0 Å². The molecule has 0 N–H and O–H groups in total. The lowest BCUT2D eigenvalue weighted by atomic mass is 9.98. The molecule has 6 nitrogen and oxygen atoms in total. The number of amides is 2. The number of rotatable bonds is 5. The van der Waals surface area contributed by atoms with Gasteiger partial charge in [-0.1, -0.05) is 0 Å². The molecule has 3 aliphatic rings. The first kappa shape index (κ1) is 15.7. The lowest BCUT2D eigenvalue weighted by molar-refractivity contribution is -0.139. The molecule has 0 aromatic carbocycles. The summed E-state index contributed by atoms with van der Waals surface area (Å²) in [6, 6.07) is 2.12. The molecule has 1 saturated carbocycles. The molecule has 2 saturated heterocycles. The zero-order valence-electron chi connectivity index (χ0n) is 14.1. The number of likely N-dealkylation sites (tertiary alicyclic amines) is 2. The maximum Gasteiger partial charge on any atom is 0.228 e. The Bertz CT molecular complexity index is 596. The van der Waals surface area contributed by atoms with Gasteiger partial charge < -0.3 is 9.80 Å². The zero-order chi connectivity index (χ0) is 16.5. The first-order chi connectivity index (χ1) is 11.7. The van der Waals surface area contributed by atoms with Gasteiger partial charge in [0, 0.05) is 38.4 Å². The number of carbonyl (C=O) groups is 2. The van der Waals surface area contributed by atoms with Crippen LogP contribution >= 0.6 is 0 Å². The predicted octanol–water partition coefficient (Wildman–Crippen LogP) is 1.52. The molecule has 1 aliphatic carbocycles. The second-order valence-corrected chi connectivity index (χ2v) is 7.55. The van der Waals surface area contributed by atoms with E-state index in [1.807, 2.05) is 26.7 Å². The molecule has 3 fully saturated rings. The van der Waals surface area contributed by atoms with E-state index in [0.717, 1.165) is 38.9 Å². The summed E-state index contributed by atoms with van der Waals surface area (Å²) in [6.45, 7) is 3.06. The Morgan fingerprint density at radius 1 is 1.21 bits per heavy atom. The topological polar surface area (TPSA) is 58.4 Å². The minimum absolute atomic E-state index is 0.144. The summed E-state index contributed by atoms with van der Waals surface area (Å²) in [5, 5.41) is 4.28. The number of carbonyl (C=O) groups excluding carboxylic acids is 2. The van der Waals surface area contributed by atoms with Crippen molar-refractivity contribution >= 4 is 11.8 Å². The highest BCUT2D eigenvalue weighted by atomic mass is 16.2. The van der Waals surface area contributed by atoms with E-state index in [0.29, 0.717) is 18.9 Å². The molecule has 3 heterocycles. The van der Waals surface area contributed by atoms with Crippen molar-refractivity contribution in [3.63, 3.8) is 0 Å². The lowest BCUT2D eigenvalue weighted by Crippen LogP contribution is -2.48. The molecular weight excluding hydrogens is 304 g/mol. The van der Waals surface area contributed by atoms with Crippen molar-refractivity contribution in [1.29, 1.82) is 0 Å². The molecule has 130 valence electrons. The highest BCUT2D eigenvalue weighted by Crippen LogP contribution is 2.33. The monoisotopic (exact) mass is 330 g/mol. The van der Waals surface area contributed by atoms with Crippen LogP contribution in [0.5, 0.6) is 0 Å². The van der Waals surface area contributed by atoms with E-state index in [2.05, 4.69) is 5.10 Å². The van der Waals surface area contributed by atoms with Crippen molar-refractivity contribution in [1.82, 2.24) is 19.6 Å². The van der Waals surface area contributed by atoms with Gasteiger partial charge in [-0.05, 0) is 44.1 Å². The van der Waals surface area contributed by atoms with Crippen LogP contribution in [-0.2, 0) is 16.1 Å². The highest BCUT2D eigenvalue weighted by Gasteiger charge is 2.40. The van der Waals surface area contributed by atoms with Crippen LogP contribution in [0.25, 0.3) is 0 Å². The molecule has 0 spiro atoms. The van der Waals surface area contributed by atoms with E-state index in [-0.39, 0.29) is 23.8 Å². The van der Waals surface area contributed by atoms with Gasteiger partial charge in [0.15, 0.2) is 0 Å². The largest absolute Gasteiger partial charge is 0.342 e. The van der Waals surface area contributed by atoms with Crippen LogP contribution in [0.1, 0.15) is 38.5 Å². The molecule has 2 amide bonds. The first-order valence-corrected chi connectivity index (χ1v) is 9.26. The Hall–Kier alpha value is -1.85. The van der Waals surface area contributed by atoms with Crippen molar-refractivity contribution in [2.24, 2.45) is 11.8 Å². The smallest absolute Gasteiger partial charge is 0.228 e. The molecule has 24 heavy (non-hydrogen) atoms. The van der Waals surface area contributed by atoms with Gasteiger partial charge in [0.1, 0.15) is 0 Å². The average Bonchev–Trinajstić information content (AvgIpc) is 3.11. The third kappa shape index (κ3) is 3.32. The van der Waals surface area contributed by atoms with Crippen LogP contribution in [-0.4, -0.2) is 57.1 Å². The predicted molar refractivity (Wildman–Crippen MR) is 89.0 cm³/mol. The van der Waals surface area contributed by atoms with Crippen molar-refractivity contribution in [2.75, 3.05) is 19.6 Å². The Labute approximate surface area is 142 Å². The second-order valence-electron chi connectivity index (χ2n) is 7.55. The molecule has 0 radical (unpaired) electrons. The maximum absolute atomic E-state index is 13.0. The fourth-order valence-electron chi connectivity index (χ4n) is 4.07. The van der Waals surface area contributed by atoms with E-state index < -0.39 is 0 Å². The van der Waals surface area contributed by atoms with Gasteiger partial charge in [0.05, 0.1) is 18.5 Å². The SMILES string of the molecule is O=C1CC(C(=O)N2CCCCC2Cn2cccn2)CN1CC1CC1. The summed E-state index contributed by atoms with van der Waals surface area (Å²) in [7, 11) is 0. The van der Waals surface area contributed by atoms with Crippen LogP contribution in [0.15, 0.2) is 18.5 Å². The van der Waals surface area contributed by atoms with Crippen LogP contribution in [0.2, 0.25) is 0 Å². The van der Waals surface area contributed by atoms with E-state index >= 15 is 0 Å².